The minimum Gasteiger partial charge on any atom is -0.392 e. The zero-order valence-electron chi connectivity index (χ0n) is 15.1. The van der Waals surface area contributed by atoms with Gasteiger partial charge in [-0.15, -0.1) is 0 Å². The normalized spacial score (nSPS) is 16.3. The van der Waals surface area contributed by atoms with Crippen molar-refractivity contribution in [2.45, 2.75) is 42.0 Å². The molecule has 27 heavy (non-hydrogen) atoms. The molecular formula is C21H23N3O2S. The molecule has 0 saturated carbocycles. The quantitative estimate of drug-likeness (QED) is 0.723. The number of nitrogens with zero attached hydrogens (tertiary/aromatic N) is 2. The van der Waals surface area contributed by atoms with Crippen molar-refractivity contribution in [2.75, 3.05) is 13.1 Å². The lowest BCUT2D eigenvalue weighted by Crippen LogP contribution is -2.39. The lowest BCUT2D eigenvalue weighted by molar-refractivity contribution is -0.130. The zero-order chi connectivity index (χ0) is 19.1. The van der Waals surface area contributed by atoms with Crippen LogP contribution < -0.4 is 5.32 Å². The van der Waals surface area contributed by atoms with Crippen molar-refractivity contribution in [3.05, 3.63) is 71.1 Å². The summed E-state index contributed by atoms with van der Waals surface area (Å²) in [7, 11) is 0. The summed E-state index contributed by atoms with van der Waals surface area (Å²) in [4.78, 5) is 19.7. The molecule has 2 N–H and O–H groups in total. The summed E-state index contributed by atoms with van der Waals surface area (Å²) < 4.78 is 0. The fourth-order valence-electron chi connectivity index (χ4n) is 3.18. The Balaban J connectivity index is 1.61. The van der Waals surface area contributed by atoms with Crippen LogP contribution in [0.15, 0.2) is 58.3 Å². The van der Waals surface area contributed by atoms with Crippen molar-refractivity contribution in [3.8, 4) is 0 Å². The van der Waals surface area contributed by atoms with E-state index in [1.165, 1.54) is 0 Å². The second-order valence-electron chi connectivity index (χ2n) is 6.42. The van der Waals surface area contributed by atoms with E-state index in [2.05, 4.69) is 10.2 Å². The molecule has 0 unspecified atom stereocenters. The van der Waals surface area contributed by atoms with Gasteiger partial charge in [0.1, 0.15) is 0 Å². The molecule has 1 aliphatic rings. The van der Waals surface area contributed by atoms with Gasteiger partial charge in [-0.3, -0.25) is 14.5 Å². The number of nitrogens with one attached hydrogen (secondary N) is 1. The molecule has 1 fully saturated rings. The average Bonchev–Trinajstić information content (AvgIpc) is 3.18. The van der Waals surface area contributed by atoms with E-state index in [0.29, 0.717) is 13.1 Å². The molecule has 0 bridgehead atoms. The van der Waals surface area contributed by atoms with E-state index in [-0.39, 0.29) is 25.2 Å². The number of rotatable bonds is 7. The molecule has 1 saturated heterocycles. The molecule has 140 valence electrons. The molecule has 0 spiro atoms. The number of carbonyl (C=O) groups is 1. The van der Waals surface area contributed by atoms with Crippen molar-refractivity contribution in [2.24, 2.45) is 0 Å². The van der Waals surface area contributed by atoms with Crippen molar-refractivity contribution in [3.63, 3.8) is 0 Å². The van der Waals surface area contributed by atoms with Crippen molar-refractivity contribution in [1.29, 1.82) is 0 Å². The molecule has 5 nitrogen and oxygen atoms in total. The topological polar surface area (TPSA) is 56.9 Å². The number of aliphatic hydroxyl groups excluding tert-OH is 1. The molecule has 1 atom stereocenters. The Kier molecular flexibility index (Phi) is 6.88. The molecule has 0 aliphatic carbocycles. The van der Waals surface area contributed by atoms with Crippen LogP contribution in [0.5, 0.6) is 0 Å². The number of likely N-dealkylation sites (tertiary alicyclic amines) is 1. The van der Waals surface area contributed by atoms with E-state index in [1.807, 2.05) is 48.5 Å². The first-order chi connectivity index (χ1) is 13.2. The highest BCUT2D eigenvalue weighted by molar-refractivity contribution is 7.99. The SMILES string of the molecule is [C-]#[N+][C@@H]1CCCN1C(=O)CNCc1ccccc1Sc1ccccc1CO. The van der Waals surface area contributed by atoms with Gasteiger partial charge in [0.25, 0.3) is 0 Å². The van der Waals surface area contributed by atoms with E-state index in [4.69, 9.17) is 6.57 Å². The number of hydrogen-bond acceptors (Lipinski definition) is 4. The third-order valence-electron chi connectivity index (χ3n) is 4.62. The molecule has 3 rings (SSSR count). The number of hydrogen-bond donors (Lipinski definition) is 2. The Morgan fingerprint density at radius 2 is 1.85 bits per heavy atom. The number of carbonyl (C=O) groups excluding carboxylic acids is 1. The van der Waals surface area contributed by atoms with Gasteiger partial charge in [0.2, 0.25) is 5.91 Å². The highest BCUT2D eigenvalue weighted by Gasteiger charge is 2.32. The molecule has 0 aromatic heterocycles. The van der Waals surface area contributed by atoms with Crippen LogP contribution >= 0.6 is 11.8 Å². The zero-order valence-corrected chi connectivity index (χ0v) is 15.9. The first kappa shape index (κ1) is 19.4. The second kappa shape index (κ2) is 9.56. The lowest BCUT2D eigenvalue weighted by Gasteiger charge is -2.17. The van der Waals surface area contributed by atoms with E-state index < -0.39 is 0 Å². The maximum absolute atomic E-state index is 12.4. The Labute approximate surface area is 164 Å². The highest BCUT2D eigenvalue weighted by atomic mass is 32.2. The summed E-state index contributed by atoms with van der Waals surface area (Å²) in [5.74, 6) is -0.00994. The standard InChI is InChI=1S/C21H23N3O2S/c1-22-20-11-6-12-24(20)21(26)14-23-13-16-7-2-4-9-18(16)27-19-10-5-3-8-17(19)15-25/h2-5,7-10,20,23,25H,6,11-15H2/t20-/m0/s1. The van der Waals surface area contributed by atoms with Gasteiger partial charge in [0.15, 0.2) is 0 Å². The van der Waals surface area contributed by atoms with Crippen LogP contribution in [0.2, 0.25) is 0 Å². The molecule has 6 heteroatoms. The highest BCUT2D eigenvalue weighted by Crippen LogP contribution is 2.32. The van der Waals surface area contributed by atoms with Crippen LogP contribution in [0.1, 0.15) is 24.0 Å². The van der Waals surface area contributed by atoms with Crippen LogP contribution in [0, 0.1) is 6.57 Å². The molecule has 0 radical (unpaired) electrons. The van der Waals surface area contributed by atoms with E-state index in [0.717, 1.165) is 33.8 Å². The van der Waals surface area contributed by atoms with Crippen LogP contribution in [0.4, 0.5) is 0 Å². The summed E-state index contributed by atoms with van der Waals surface area (Å²) in [5.41, 5.74) is 2.01. The second-order valence-corrected chi connectivity index (χ2v) is 7.50. The van der Waals surface area contributed by atoms with Gasteiger partial charge in [-0.1, -0.05) is 48.2 Å². The molecule has 2 aromatic carbocycles. The van der Waals surface area contributed by atoms with Gasteiger partial charge in [-0.2, -0.15) is 0 Å². The summed E-state index contributed by atoms with van der Waals surface area (Å²) >= 11 is 1.62. The fraction of sp³-hybridized carbons (Fsp3) is 0.333. The van der Waals surface area contributed by atoms with Crippen molar-refractivity contribution >= 4 is 17.7 Å². The monoisotopic (exact) mass is 381 g/mol. The van der Waals surface area contributed by atoms with Crippen LogP contribution in [-0.2, 0) is 17.9 Å². The molecule has 1 amide bonds. The van der Waals surface area contributed by atoms with Gasteiger partial charge >= 0.3 is 6.17 Å². The first-order valence-electron chi connectivity index (χ1n) is 9.04. The average molecular weight is 382 g/mol. The number of benzene rings is 2. The largest absolute Gasteiger partial charge is 0.392 e. The summed E-state index contributed by atoms with van der Waals surface area (Å²) in [5, 5.41) is 12.7. The summed E-state index contributed by atoms with van der Waals surface area (Å²) in [6.45, 7) is 8.69. The molecule has 1 heterocycles. The van der Waals surface area contributed by atoms with Crippen molar-refractivity contribution in [1.82, 2.24) is 10.2 Å². The van der Waals surface area contributed by atoms with E-state index in [1.54, 1.807) is 16.7 Å². The first-order valence-corrected chi connectivity index (χ1v) is 9.86. The Morgan fingerprint density at radius 3 is 2.56 bits per heavy atom. The van der Waals surface area contributed by atoms with Crippen LogP contribution in [0.25, 0.3) is 4.85 Å². The third-order valence-corrected chi connectivity index (χ3v) is 5.85. The van der Waals surface area contributed by atoms with Crippen LogP contribution in [0.3, 0.4) is 0 Å². The summed E-state index contributed by atoms with van der Waals surface area (Å²) in [6, 6.07) is 15.9. The predicted molar refractivity (Wildman–Crippen MR) is 106 cm³/mol. The van der Waals surface area contributed by atoms with Gasteiger partial charge in [0.05, 0.1) is 13.2 Å². The van der Waals surface area contributed by atoms with E-state index in [9.17, 15) is 9.90 Å². The van der Waals surface area contributed by atoms with Crippen LogP contribution in [-0.4, -0.2) is 35.2 Å². The number of aliphatic hydroxyl groups is 1. The Morgan fingerprint density at radius 1 is 1.19 bits per heavy atom. The summed E-state index contributed by atoms with van der Waals surface area (Å²) in [6.07, 6.45) is 1.39. The molecular weight excluding hydrogens is 358 g/mol. The lowest BCUT2D eigenvalue weighted by atomic mass is 10.2. The van der Waals surface area contributed by atoms with Gasteiger partial charge in [-0.25, -0.2) is 6.57 Å². The Hall–Kier alpha value is -2.33. The van der Waals surface area contributed by atoms with Gasteiger partial charge in [-0.05, 0) is 29.7 Å². The molecule has 2 aromatic rings. The number of amides is 1. The van der Waals surface area contributed by atoms with Gasteiger partial charge in [0, 0.05) is 29.3 Å². The van der Waals surface area contributed by atoms with Gasteiger partial charge < -0.3 is 10.4 Å². The smallest absolute Gasteiger partial charge is 0.300 e. The van der Waals surface area contributed by atoms with E-state index >= 15 is 0 Å². The predicted octanol–water partition coefficient (Wildman–Crippen LogP) is 3.29. The minimum atomic E-state index is -0.294. The Bertz CT molecular complexity index is 834. The van der Waals surface area contributed by atoms with Crippen molar-refractivity contribution < 1.29 is 9.90 Å². The third kappa shape index (κ3) is 4.89. The fourth-order valence-corrected chi connectivity index (χ4v) is 4.25. The maximum atomic E-state index is 12.4. The minimum absolute atomic E-state index is 0.00994. The molecule has 1 aliphatic heterocycles. The maximum Gasteiger partial charge on any atom is 0.300 e.